The second-order valence-corrected chi connectivity index (χ2v) is 17.9. The number of amides is 1. The molecule has 1 amide bonds. The molecule has 1 fully saturated rings. The largest absolute Gasteiger partial charge is 0.381 e. The first-order chi connectivity index (χ1) is 19.8. The van der Waals surface area contributed by atoms with Crippen LogP contribution in [0.15, 0.2) is 30.7 Å². The molecule has 5 heterocycles. The second kappa shape index (κ2) is 13.2. The van der Waals surface area contributed by atoms with Crippen molar-refractivity contribution in [1.29, 1.82) is 0 Å². The van der Waals surface area contributed by atoms with Crippen molar-refractivity contribution < 1.29 is 19.1 Å². The van der Waals surface area contributed by atoms with E-state index in [9.17, 15) is 9.59 Å². The Labute approximate surface area is 242 Å². The molecule has 2 aliphatic heterocycles. The third kappa shape index (κ3) is 7.78. The number of aromatic nitrogens is 5. The highest BCUT2D eigenvalue weighted by molar-refractivity contribution is 6.76. The zero-order valence-electron chi connectivity index (χ0n) is 24.5. The molecule has 2 aliphatic rings. The number of aryl methyl sites for hydroxylation is 1. The van der Waals surface area contributed by atoms with Crippen LogP contribution >= 0.6 is 0 Å². The minimum absolute atomic E-state index is 0.0502. The lowest BCUT2D eigenvalue weighted by atomic mass is 10.0. The Morgan fingerprint density at radius 2 is 1.85 bits per heavy atom. The summed E-state index contributed by atoms with van der Waals surface area (Å²) >= 11 is 0. The Kier molecular flexibility index (Phi) is 9.46. The lowest BCUT2D eigenvalue weighted by molar-refractivity contribution is 0.0660. The van der Waals surface area contributed by atoms with Crippen LogP contribution in [-0.4, -0.2) is 63.9 Å². The van der Waals surface area contributed by atoms with Crippen LogP contribution in [0.4, 0.5) is 5.69 Å². The molecule has 0 aliphatic carbocycles. The first-order valence-electron chi connectivity index (χ1n) is 14.9. The van der Waals surface area contributed by atoms with E-state index in [0.717, 1.165) is 62.2 Å². The van der Waals surface area contributed by atoms with Crippen LogP contribution < -0.4 is 5.32 Å². The van der Waals surface area contributed by atoms with Gasteiger partial charge in [0.25, 0.3) is 5.91 Å². The number of carbonyl (C=O) groups is 2. The number of pyridine rings is 1. The molecular weight excluding hydrogens is 536 g/mol. The molecule has 1 N–H and O–H groups in total. The minimum atomic E-state index is -1.24. The highest BCUT2D eigenvalue weighted by atomic mass is 28.3. The summed E-state index contributed by atoms with van der Waals surface area (Å²) in [6.07, 6.45) is 12.0. The maximum absolute atomic E-state index is 13.6. The number of fused-ring (bicyclic) bond motifs is 6. The van der Waals surface area contributed by atoms with E-state index in [-0.39, 0.29) is 23.4 Å². The normalized spacial score (nSPS) is 17.6. The first-order valence-corrected chi connectivity index (χ1v) is 18.6. The number of ether oxygens (including phenoxy) is 2. The van der Waals surface area contributed by atoms with E-state index >= 15 is 0 Å². The Bertz CT molecular complexity index is 1360. The molecule has 11 heteroatoms. The van der Waals surface area contributed by atoms with Crippen LogP contribution in [0, 0.1) is 0 Å². The van der Waals surface area contributed by atoms with Crippen molar-refractivity contribution in [3.05, 3.63) is 47.8 Å². The summed E-state index contributed by atoms with van der Waals surface area (Å²) in [6, 6.07) is 5.17. The van der Waals surface area contributed by atoms with E-state index in [1.807, 2.05) is 15.3 Å². The monoisotopic (exact) mass is 578 g/mol. The number of anilines is 1. The predicted molar refractivity (Wildman–Crippen MR) is 160 cm³/mol. The molecule has 4 bridgehead atoms. The Morgan fingerprint density at radius 3 is 2.63 bits per heavy atom. The summed E-state index contributed by atoms with van der Waals surface area (Å²) in [5.41, 5.74) is 2.90. The van der Waals surface area contributed by atoms with Crippen LogP contribution in [0.25, 0.3) is 11.4 Å². The van der Waals surface area contributed by atoms with Crippen molar-refractivity contribution in [3.8, 4) is 11.4 Å². The van der Waals surface area contributed by atoms with E-state index in [1.165, 1.54) is 0 Å². The van der Waals surface area contributed by atoms with Gasteiger partial charge in [0.1, 0.15) is 18.2 Å². The Balaban J connectivity index is 1.46. The van der Waals surface area contributed by atoms with Crippen molar-refractivity contribution in [3.63, 3.8) is 0 Å². The van der Waals surface area contributed by atoms with Gasteiger partial charge in [0.05, 0.1) is 11.7 Å². The first kappa shape index (κ1) is 29.3. The van der Waals surface area contributed by atoms with Crippen LogP contribution in [-0.2, 0) is 22.6 Å². The molecule has 10 nitrogen and oxygen atoms in total. The van der Waals surface area contributed by atoms with Gasteiger partial charge in [0, 0.05) is 64.2 Å². The molecule has 220 valence electrons. The maximum atomic E-state index is 13.6. The van der Waals surface area contributed by atoms with Gasteiger partial charge in [-0.2, -0.15) is 5.10 Å². The van der Waals surface area contributed by atoms with Gasteiger partial charge in [-0.3, -0.25) is 19.3 Å². The summed E-state index contributed by atoms with van der Waals surface area (Å²) in [5, 5.41) is 7.64. The van der Waals surface area contributed by atoms with Crippen LogP contribution in [0.2, 0.25) is 25.7 Å². The van der Waals surface area contributed by atoms with Crippen molar-refractivity contribution in [2.45, 2.75) is 89.8 Å². The molecule has 5 rings (SSSR count). The number of nitrogens with zero attached hydrogens (tertiary/aromatic N) is 5. The number of nitrogens with one attached hydrogen (secondary N) is 1. The summed E-state index contributed by atoms with van der Waals surface area (Å²) in [7, 11) is -1.24. The van der Waals surface area contributed by atoms with Gasteiger partial charge in [-0.1, -0.05) is 32.5 Å². The van der Waals surface area contributed by atoms with Crippen molar-refractivity contribution in [2.24, 2.45) is 0 Å². The standard InChI is InChI=1S/C30H42N6O4Si/c1-41(2,3)17-16-40-21-35-19-26-30(38)33-25-20-36(24-11-14-39-15-12-24)34-28(25)27(37)9-7-5-4-6-8-23-18-22(10-13-31-23)29(35)32-26/h10,13,18-20,24H,4-9,11-12,14-17,21H2,1-3H3,(H,33,38). The molecule has 0 spiro atoms. The van der Waals surface area contributed by atoms with Gasteiger partial charge in [-0.25, -0.2) is 4.98 Å². The van der Waals surface area contributed by atoms with Crippen LogP contribution in [0.1, 0.15) is 77.7 Å². The molecule has 0 radical (unpaired) electrons. The SMILES string of the molecule is C[Si](C)(C)CCOCn1cc2nc1-c1ccnc(c1)CCCCCCC(=O)c1nn(C3CCOCC3)cc1NC2=O. The number of carbonyl (C=O) groups excluding carboxylic acids is 2. The fraction of sp³-hybridized carbons (Fsp3) is 0.567. The minimum Gasteiger partial charge on any atom is -0.381 e. The number of Topliss-reactive ketones (excluding diaryl/α,β-unsaturated/α-hetero) is 1. The highest BCUT2D eigenvalue weighted by Gasteiger charge is 2.25. The van der Waals surface area contributed by atoms with Gasteiger partial charge in [0.2, 0.25) is 0 Å². The smallest absolute Gasteiger partial charge is 0.275 e. The average molecular weight is 579 g/mol. The lowest BCUT2D eigenvalue weighted by Crippen LogP contribution is -2.22. The summed E-state index contributed by atoms with van der Waals surface area (Å²) in [4.78, 5) is 36.2. The number of imidazole rings is 1. The zero-order chi connectivity index (χ0) is 28.8. The molecule has 0 saturated carbocycles. The predicted octanol–water partition coefficient (Wildman–Crippen LogP) is 5.75. The van der Waals surface area contributed by atoms with E-state index in [4.69, 9.17) is 14.5 Å². The highest BCUT2D eigenvalue weighted by Crippen LogP contribution is 2.27. The fourth-order valence-electron chi connectivity index (χ4n) is 5.23. The molecule has 0 unspecified atom stereocenters. The topological polar surface area (TPSA) is 113 Å². The number of hydrogen-bond donors (Lipinski definition) is 1. The Morgan fingerprint density at radius 1 is 1.07 bits per heavy atom. The summed E-state index contributed by atoms with van der Waals surface area (Å²) in [6.45, 7) is 9.24. The quantitative estimate of drug-likeness (QED) is 0.293. The van der Waals surface area contributed by atoms with Gasteiger partial charge >= 0.3 is 0 Å². The maximum Gasteiger partial charge on any atom is 0.275 e. The molecule has 3 aromatic rings. The fourth-order valence-corrected chi connectivity index (χ4v) is 5.98. The van der Waals surface area contributed by atoms with E-state index in [1.54, 1.807) is 18.6 Å². The number of ketones is 1. The number of hydrogen-bond acceptors (Lipinski definition) is 7. The second-order valence-electron chi connectivity index (χ2n) is 12.3. The zero-order valence-corrected chi connectivity index (χ0v) is 25.5. The van der Waals surface area contributed by atoms with Crippen molar-refractivity contribution in [2.75, 3.05) is 25.1 Å². The third-order valence-electron chi connectivity index (χ3n) is 7.71. The van der Waals surface area contributed by atoms with Crippen molar-refractivity contribution in [1.82, 2.24) is 24.3 Å². The Hall–Kier alpha value is -3.15. The van der Waals surface area contributed by atoms with E-state index in [2.05, 4.69) is 41.1 Å². The summed E-state index contributed by atoms with van der Waals surface area (Å²) < 4.78 is 15.3. The number of rotatable bonds is 6. The molecule has 0 atom stereocenters. The van der Waals surface area contributed by atoms with Crippen molar-refractivity contribution >= 4 is 25.5 Å². The molecule has 3 aromatic heterocycles. The third-order valence-corrected chi connectivity index (χ3v) is 9.41. The van der Waals surface area contributed by atoms with E-state index < -0.39 is 8.07 Å². The molecule has 41 heavy (non-hydrogen) atoms. The van der Waals surface area contributed by atoms with Gasteiger partial charge in [0.15, 0.2) is 11.5 Å². The van der Waals surface area contributed by atoms with Gasteiger partial charge < -0.3 is 19.4 Å². The molecule has 1 saturated heterocycles. The van der Waals surface area contributed by atoms with Crippen LogP contribution in [0.3, 0.4) is 0 Å². The van der Waals surface area contributed by atoms with Gasteiger partial charge in [-0.05, 0) is 50.3 Å². The summed E-state index contributed by atoms with van der Waals surface area (Å²) in [5.74, 6) is 0.224. The van der Waals surface area contributed by atoms with E-state index in [0.29, 0.717) is 50.2 Å². The lowest BCUT2D eigenvalue weighted by Gasteiger charge is -2.22. The molecule has 0 aromatic carbocycles. The average Bonchev–Trinajstić information content (AvgIpc) is 3.57. The van der Waals surface area contributed by atoms with Gasteiger partial charge in [-0.15, -0.1) is 0 Å². The molecular formula is C30H42N6O4Si. The van der Waals surface area contributed by atoms with Crippen LogP contribution in [0.5, 0.6) is 0 Å².